The van der Waals surface area contributed by atoms with Crippen LogP contribution in [0.4, 0.5) is 5.69 Å². The molecule has 0 saturated heterocycles. The number of rotatable bonds is 4. The predicted octanol–water partition coefficient (Wildman–Crippen LogP) is 3.23. The van der Waals surface area contributed by atoms with Gasteiger partial charge in [-0.3, -0.25) is 14.9 Å². The van der Waals surface area contributed by atoms with Gasteiger partial charge in [0.25, 0.3) is 11.6 Å². The van der Waals surface area contributed by atoms with Gasteiger partial charge in [-0.05, 0) is 25.0 Å². The molecule has 0 spiro atoms. The number of hydrogen-bond acceptors (Lipinski definition) is 4. The minimum atomic E-state index is -0.474. The first-order valence-electron chi connectivity index (χ1n) is 8.23. The third-order valence-electron chi connectivity index (χ3n) is 4.41. The van der Waals surface area contributed by atoms with E-state index in [0.29, 0.717) is 11.3 Å². The van der Waals surface area contributed by atoms with Crippen LogP contribution in [0.2, 0.25) is 0 Å². The molecule has 126 valence electrons. The average Bonchev–Trinajstić information content (AvgIpc) is 2.99. The Balaban J connectivity index is 1.81. The summed E-state index contributed by atoms with van der Waals surface area (Å²) >= 11 is 0. The Kier molecular flexibility index (Phi) is 4.88. The van der Waals surface area contributed by atoms with Gasteiger partial charge in [0.2, 0.25) is 0 Å². The highest BCUT2D eigenvalue weighted by molar-refractivity contribution is 5.95. The van der Waals surface area contributed by atoms with Crippen LogP contribution in [0.15, 0.2) is 36.9 Å². The van der Waals surface area contributed by atoms with Crippen LogP contribution in [0, 0.1) is 10.1 Å². The zero-order valence-electron chi connectivity index (χ0n) is 13.4. The summed E-state index contributed by atoms with van der Waals surface area (Å²) in [5.41, 5.74) is 0.597. The highest BCUT2D eigenvalue weighted by Gasteiger charge is 2.21. The molecule has 1 aromatic heterocycles. The molecule has 0 aliphatic heterocycles. The molecule has 0 bridgehead atoms. The topological polar surface area (TPSA) is 90.1 Å². The van der Waals surface area contributed by atoms with E-state index in [9.17, 15) is 14.9 Å². The maximum atomic E-state index is 12.4. The zero-order chi connectivity index (χ0) is 16.9. The molecule has 1 fully saturated rings. The van der Waals surface area contributed by atoms with E-state index in [4.69, 9.17) is 0 Å². The van der Waals surface area contributed by atoms with Gasteiger partial charge in [0.05, 0.1) is 11.3 Å². The summed E-state index contributed by atoms with van der Waals surface area (Å²) < 4.78 is 1.56. The lowest BCUT2D eigenvalue weighted by Crippen LogP contribution is -2.34. The zero-order valence-corrected chi connectivity index (χ0v) is 13.4. The molecular formula is C17H20N4O3. The molecule has 1 N–H and O–H groups in total. The summed E-state index contributed by atoms with van der Waals surface area (Å²) in [5.74, 6) is -0.248. The van der Waals surface area contributed by atoms with Crippen molar-refractivity contribution in [1.82, 2.24) is 14.9 Å². The summed E-state index contributed by atoms with van der Waals surface area (Å²) in [5, 5.41) is 14.4. The number of carbonyl (C=O) groups is 1. The van der Waals surface area contributed by atoms with Crippen molar-refractivity contribution >= 4 is 11.6 Å². The third-order valence-corrected chi connectivity index (χ3v) is 4.41. The molecule has 1 aliphatic rings. The average molecular weight is 328 g/mol. The van der Waals surface area contributed by atoms with Crippen molar-refractivity contribution in [1.29, 1.82) is 0 Å². The van der Waals surface area contributed by atoms with Gasteiger partial charge >= 0.3 is 0 Å². The van der Waals surface area contributed by atoms with Gasteiger partial charge in [-0.25, -0.2) is 4.98 Å². The molecule has 0 unspecified atom stereocenters. The number of benzene rings is 1. The van der Waals surface area contributed by atoms with Crippen LogP contribution in [0.3, 0.4) is 0 Å². The molecule has 3 rings (SSSR count). The van der Waals surface area contributed by atoms with Crippen LogP contribution in [0.25, 0.3) is 5.69 Å². The standard InChI is InChI=1S/C17H20N4O3/c22-17(19-14-5-3-1-2-4-6-14)13-7-8-15(16(11-13)21(23)24)20-10-9-18-12-20/h7-12,14H,1-6H2,(H,19,22). The van der Waals surface area contributed by atoms with Crippen molar-refractivity contribution in [2.24, 2.45) is 0 Å². The van der Waals surface area contributed by atoms with Gasteiger partial charge in [0, 0.05) is 30.1 Å². The lowest BCUT2D eigenvalue weighted by molar-refractivity contribution is -0.384. The summed E-state index contributed by atoms with van der Waals surface area (Å²) in [7, 11) is 0. The summed E-state index contributed by atoms with van der Waals surface area (Å²) in [6.45, 7) is 0. The second-order valence-electron chi connectivity index (χ2n) is 6.09. The molecule has 1 saturated carbocycles. The van der Waals surface area contributed by atoms with E-state index in [0.717, 1.165) is 25.7 Å². The smallest absolute Gasteiger partial charge is 0.294 e. The van der Waals surface area contributed by atoms with Crippen LogP contribution in [-0.4, -0.2) is 26.4 Å². The van der Waals surface area contributed by atoms with Crippen LogP contribution in [0.1, 0.15) is 48.9 Å². The lowest BCUT2D eigenvalue weighted by Gasteiger charge is -2.16. The highest BCUT2D eigenvalue weighted by Crippen LogP contribution is 2.24. The Bertz CT molecular complexity index is 719. The SMILES string of the molecule is O=C(NC1CCCCCC1)c1ccc(-n2ccnc2)c([N+](=O)[O-])c1. The fourth-order valence-electron chi connectivity index (χ4n) is 3.12. The molecule has 0 atom stereocenters. The molecule has 1 aliphatic carbocycles. The molecule has 0 radical (unpaired) electrons. The first-order chi connectivity index (χ1) is 11.6. The van der Waals surface area contributed by atoms with Gasteiger partial charge in [-0.15, -0.1) is 0 Å². The van der Waals surface area contributed by atoms with Crippen molar-refractivity contribution < 1.29 is 9.72 Å². The Hall–Kier alpha value is -2.70. The molecule has 2 aromatic rings. The van der Waals surface area contributed by atoms with E-state index in [-0.39, 0.29) is 17.6 Å². The van der Waals surface area contributed by atoms with Crippen LogP contribution < -0.4 is 5.32 Å². The van der Waals surface area contributed by atoms with Gasteiger partial charge < -0.3 is 9.88 Å². The largest absolute Gasteiger partial charge is 0.349 e. The van der Waals surface area contributed by atoms with E-state index < -0.39 is 4.92 Å². The van der Waals surface area contributed by atoms with Crippen molar-refractivity contribution in [3.63, 3.8) is 0 Å². The fraction of sp³-hybridized carbons (Fsp3) is 0.412. The number of aromatic nitrogens is 2. The number of imidazole rings is 1. The van der Waals surface area contributed by atoms with Crippen molar-refractivity contribution in [3.8, 4) is 5.69 Å². The van der Waals surface area contributed by atoms with Gasteiger partial charge in [-0.2, -0.15) is 0 Å². The van der Waals surface area contributed by atoms with Crippen LogP contribution in [-0.2, 0) is 0 Å². The fourth-order valence-corrected chi connectivity index (χ4v) is 3.12. The molecule has 7 heteroatoms. The van der Waals surface area contributed by atoms with E-state index in [2.05, 4.69) is 10.3 Å². The number of nitro benzene ring substituents is 1. The maximum absolute atomic E-state index is 12.4. The number of nitrogens with one attached hydrogen (secondary N) is 1. The number of hydrogen-bond donors (Lipinski definition) is 1. The van der Waals surface area contributed by atoms with Crippen molar-refractivity contribution in [2.75, 3.05) is 0 Å². The Morgan fingerprint density at radius 1 is 1.25 bits per heavy atom. The normalized spacial score (nSPS) is 15.7. The van der Waals surface area contributed by atoms with Gasteiger partial charge in [-0.1, -0.05) is 25.7 Å². The molecule has 7 nitrogen and oxygen atoms in total. The number of nitro groups is 1. The van der Waals surface area contributed by atoms with Gasteiger partial charge in [0.15, 0.2) is 0 Å². The van der Waals surface area contributed by atoms with Gasteiger partial charge in [0.1, 0.15) is 5.69 Å². The van der Waals surface area contributed by atoms with E-state index in [1.54, 1.807) is 29.1 Å². The van der Waals surface area contributed by atoms with Crippen LogP contribution in [0.5, 0.6) is 0 Å². The number of nitrogens with zero attached hydrogens (tertiary/aromatic N) is 3. The third kappa shape index (κ3) is 3.61. The molecule has 1 aromatic carbocycles. The van der Waals surface area contributed by atoms with Crippen LogP contribution >= 0.6 is 0 Å². The summed E-state index contributed by atoms with van der Waals surface area (Å²) in [6, 6.07) is 4.70. The monoisotopic (exact) mass is 328 g/mol. The minimum absolute atomic E-state index is 0.110. The molecule has 1 heterocycles. The molecule has 24 heavy (non-hydrogen) atoms. The predicted molar refractivity (Wildman–Crippen MR) is 89.2 cm³/mol. The summed E-state index contributed by atoms with van der Waals surface area (Å²) in [6.07, 6.45) is 11.3. The number of carbonyl (C=O) groups excluding carboxylic acids is 1. The van der Waals surface area contributed by atoms with Crippen molar-refractivity contribution in [3.05, 3.63) is 52.6 Å². The minimum Gasteiger partial charge on any atom is -0.349 e. The quantitative estimate of drug-likeness (QED) is 0.530. The van der Waals surface area contributed by atoms with E-state index in [1.165, 1.54) is 25.2 Å². The molecular weight excluding hydrogens is 308 g/mol. The van der Waals surface area contributed by atoms with Crippen molar-refractivity contribution in [2.45, 2.75) is 44.6 Å². The maximum Gasteiger partial charge on any atom is 0.294 e. The Labute approximate surface area is 139 Å². The highest BCUT2D eigenvalue weighted by atomic mass is 16.6. The van der Waals surface area contributed by atoms with E-state index in [1.807, 2.05) is 0 Å². The summed E-state index contributed by atoms with van der Waals surface area (Å²) in [4.78, 5) is 27.2. The Morgan fingerprint density at radius 2 is 2.00 bits per heavy atom. The second kappa shape index (κ2) is 7.25. The van der Waals surface area contributed by atoms with E-state index >= 15 is 0 Å². The second-order valence-corrected chi connectivity index (χ2v) is 6.09. The first kappa shape index (κ1) is 16.2. The lowest BCUT2D eigenvalue weighted by atomic mass is 10.1. The number of amides is 1. The Morgan fingerprint density at radius 3 is 2.62 bits per heavy atom. The molecule has 1 amide bonds. The first-order valence-corrected chi connectivity index (χ1v) is 8.23.